The summed E-state index contributed by atoms with van der Waals surface area (Å²) in [5.41, 5.74) is 0. The molecule has 0 aromatic carbocycles. The van der Waals surface area contributed by atoms with Gasteiger partial charge in [-0.1, -0.05) is 30.4 Å². The van der Waals surface area contributed by atoms with Crippen LogP contribution in [-0.2, 0) is 14.3 Å². The molecule has 0 spiro atoms. The molecule has 2 fully saturated rings. The highest BCUT2D eigenvalue weighted by Crippen LogP contribution is 2.33. The van der Waals surface area contributed by atoms with Crippen LogP contribution in [0.15, 0.2) is 21.5 Å². The van der Waals surface area contributed by atoms with Crippen molar-refractivity contribution in [2.24, 2.45) is 0 Å². The summed E-state index contributed by atoms with van der Waals surface area (Å²) in [6.45, 7) is 3.42. The molecule has 2 aliphatic rings. The Morgan fingerprint density at radius 3 is 2.78 bits per heavy atom. The van der Waals surface area contributed by atoms with Crippen LogP contribution in [0.2, 0.25) is 0 Å². The van der Waals surface area contributed by atoms with Gasteiger partial charge in [-0.3, -0.25) is 9.69 Å². The maximum Gasteiger partial charge on any atom is 0.266 e. The Labute approximate surface area is 167 Å². The number of thiocarbonyl (C=S) groups is 1. The van der Waals surface area contributed by atoms with Gasteiger partial charge in [-0.2, -0.15) is 0 Å². The third-order valence-corrected chi connectivity index (χ3v) is 5.72. The van der Waals surface area contributed by atoms with Gasteiger partial charge in [-0.05, 0) is 25.3 Å². The van der Waals surface area contributed by atoms with Gasteiger partial charge in [0.05, 0.1) is 18.1 Å². The number of rotatable bonds is 8. The smallest absolute Gasteiger partial charge is 0.266 e. The topological polar surface area (TPSA) is 86.0 Å². The van der Waals surface area contributed by atoms with E-state index in [-0.39, 0.29) is 12.3 Å². The zero-order chi connectivity index (χ0) is 19.2. The molecule has 0 unspecified atom stereocenters. The molecule has 1 aromatic rings. The van der Waals surface area contributed by atoms with Crippen LogP contribution in [0.5, 0.6) is 0 Å². The molecule has 1 aromatic heterocycles. The number of aliphatic carboxylic acids is 1. The van der Waals surface area contributed by atoms with Crippen LogP contribution in [0.4, 0.5) is 5.88 Å². The standard InChI is InChI=1S/C18H22N2O5S2/c21-16(22)4-2-1-3-7-20-17(23)14(27-18(20)26)12-13-5-6-15(25-13)19-8-10-24-11-9-19/h5-6,12H,1-4,7-11H2,(H,21,22)/p-1/b14-12+. The number of carboxylic acid groups (broad SMARTS) is 1. The summed E-state index contributed by atoms with van der Waals surface area (Å²) >= 11 is 6.57. The van der Waals surface area contributed by atoms with E-state index >= 15 is 0 Å². The number of nitrogens with zero attached hydrogens (tertiary/aromatic N) is 2. The van der Waals surface area contributed by atoms with Gasteiger partial charge in [0.1, 0.15) is 10.1 Å². The van der Waals surface area contributed by atoms with Gasteiger partial charge in [-0.15, -0.1) is 0 Å². The van der Waals surface area contributed by atoms with Gasteiger partial charge in [0.2, 0.25) is 0 Å². The number of ether oxygens (including phenoxy) is 1. The number of carbonyl (C=O) groups is 2. The van der Waals surface area contributed by atoms with Crippen LogP contribution < -0.4 is 10.0 Å². The number of hydrogen-bond donors (Lipinski definition) is 0. The quantitative estimate of drug-likeness (QED) is 0.364. The molecule has 0 bridgehead atoms. The van der Waals surface area contributed by atoms with E-state index in [1.54, 1.807) is 11.0 Å². The van der Waals surface area contributed by atoms with E-state index in [0.717, 1.165) is 19.0 Å². The SMILES string of the molecule is O=C([O-])CCCCCN1C(=O)/C(=C\c2ccc(N3CCOCC3)o2)SC1=S. The molecule has 7 nitrogen and oxygen atoms in total. The lowest BCUT2D eigenvalue weighted by atomic mass is 10.2. The zero-order valence-corrected chi connectivity index (χ0v) is 16.5. The van der Waals surface area contributed by atoms with E-state index in [0.29, 0.717) is 54.0 Å². The van der Waals surface area contributed by atoms with Crippen LogP contribution >= 0.6 is 24.0 Å². The molecule has 0 atom stereocenters. The Balaban J connectivity index is 1.56. The van der Waals surface area contributed by atoms with Crippen molar-refractivity contribution in [3.8, 4) is 0 Å². The molecule has 27 heavy (non-hydrogen) atoms. The average Bonchev–Trinajstić information content (AvgIpc) is 3.22. The zero-order valence-electron chi connectivity index (χ0n) is 14.8. The molecule has 3 rings (SSSR count). The van der Waals surface area contributed by atoms with Crippen molar-refractivity contribution in [3.05, 3.63) is 22.8 Å². The van der Waals surface area contributed by atoms with Gasteiger partial charge in [0.15, 0.2) is 5.88 Å². The lowest BCUT2D eigenvalue weighted by Gasteiger charge is -2.26. The van der Waals surface area contributed by atoms with E-state index < -0.39 is 5.97 Å². The van der Waals surface area contributed by atoms with Crippen LogP contribution in [0.1, 0.15) is 31.4 Å². The summed E-state index contributed by atoms with van der Waals surface area (Å²) in [7, 11) is 0. The first-order chi connectivity index (χ1) is 13.0. The summed E-state index contributed by atoms with van der Waals surface area (Å²) < 4.78 is 11.7. The lowest BCUT2D eigenvalue weighted by molar-refractivity contribution is -0.305. The first-order valence-corrected chi connectivity index (χ1v) is 10.1. The molecule has 0 saturated carbocycles. The Hall–Kier alpha value is -1.84. The minimum Gasteiger partial charge on any atom is -0.550 e. The molecular formula is C18H21N2O5S2-. The molecule has 1 amide bonds. The molecule has 2 saturated heterocycles. The van der Waals surface area contributed by atoms with Gasteiger partial charge in [0, 0.05) is 37.7 Å². The number of carbonyl (C=O) groups excluding carboxylic acids is 2. The van der Waals surface area contributed by atoms with E-state index in [4.69, 9.17) is 21.4 Å². The summed E-state index contributed by atoms with van der Waals surface area (Å²) in [5, 5.41) is 10.4. The lowest BCUT2D eigenvalue weighted by Crippen LogP contribution is -2.35. The highest BCUT2D eigenvalue weighted by Gasteiger charge is 2.31. The van der Waals surface area contributed by atoms with Gasteiger partial charge >= 0.3 is 0 Å². The molecule has 0 N–H and O–H groups in total. The van der Waals surface area contributed by atoms with Gasteiger partial charge in [-0.25, -0.2) is 0 Å². The Kier molecular flexibility index (Phi) is 6.92. The van der Waals surface area contributed by atoms with Crippen molar-refractivity contribution in [2.45, 2.75) is 25.7 Å². The fraction of sp³-hybridized carbons (Fsp3) is 0.500. The van der Waals surface area contributed by atoms with Crippen molar-refractivity contribution in [1.29, 1.82) is 0 Å². The largest absolute Gasteiger partial charge is 0.550 e. The summed E-state index contributed by atoms with van der Waals surface area (Å²) in [6.07, 6.45) is 3.73. The molecule has 0 aliphatic carbocycles. The van der Waals surface area contributed by atoms with E-state index in [2.05, 4.69) is 4.90 Å². The van der Waals surface area contributed by atoms with Crippen molar-refractivity contribution >= 4 is 52.1 Å². The molecule has 3 heterocycles. The van der Waals surface area contributed by atoms with E-state index in [1.165, 1.54) is 11.8 Å². The van der Waals surface area contributed by atoms with Crippen LogP contribution in [0.3, 0.4) is 0 Å². The van der Waals surface area contributed by atoms with Crippen molar-refractivity contribution < 1.29 is 23.8 Å². The molecule has 2 aliphatic heterocycles. The predicted molar refractivity (Wildman–Crippen MR) is 105 cm³/mol. The molecule has 146 valence electrons. The van der Waals surface area contributed by atoms with E-state index in [1.807, 2.05) is 12.1 Å². The van der Waals surface area contributed by atoms with Crippen molar-refractivity contribution in [1.82, 2.24) is 4.90 Å². The third kappa shape index (κ3) is 5.33. The third-order valence-electron chi connectivity index (χ3n) is 4.34. The second-order valence-electron chi connectivity index (χ2n) is 6.29. The number of morpholine rings is 1. The Bertz CT molecular complexity index is 740. The number of carboxylic acids is 1. The minimum absolute atomic E-state index is 0.0439. The summed E-state index contributed by atoms with van der Waals surface area (Å²) in [6, 6.07) is 3.74. The van der Waals surface area contributed by atoms with Crippen molar-refractivity contribution in [2.75, 3.05) is 37.7 Å². The Morgan fingerprint density at radius 2 is 2.04 bits per heavy atom. The first-order valence-electron chi connectivity index (χ1n) is 8.92. The second kappa shape index (κ2) is 9.38. The molecular weight excluding hydrogens is 388 g/mol. The van der Waals surface area contributed by atoms with Crippen LogP contribution in [0, 0.1) is 0 Å². The second-order valence-corrected chi connectivity index (χ2v) is 7.97. The van der Waals surface area contributed by atoms with E-state index in [9.17, 15) is 14.7 Å². The number of unbranched alkanes of at least 4 members (excludes halogenated alkanes) is 2. The highest BCUT2D eigenvalue weighted by molar-refractivity contribution is 8.26. The predicted octanol–water partition coefficient (Wildman–Crippen LogP) is 1.63. The van der Waals surface area contributed by atoms with Crippen molar-refractivity contribution in [3.63, 3.8) is 0 Å². The van der Waals surface area contributed by atoms with Gasteiger partial charge < -0.3 is 24.0 Å². The number of hydrogen-bond acceptors (Lipinski definition) is 8. The summed E-state index contributed by atoms with van der Waals surface area (Å²) in [4.78, 5) is 27.2. The monoisotopic (exact) mass is 409 g/mol. The molecule has 9 heteroatoms. The number of amides is 1. The minimum atomic E-state index is -1.04. The first kappa shape index (κ1) is 19.9. The van der Waals surface area contributed by atoms with Crippen LogP contribution in [0.25, 0.3) is 6.08 Å². The van der Waals surface area contributed by atoms with Gasteiger partial charge in [0.25, 0.3) is 5.91 Å². The molecule has 0 radical (unpaired) electrons. The normalized spacial score (nSPS) is 19.3. The number of thioether (sulfide) groups is 1. The number of anilines is 1. The maximum atomic E-state index is 12.6. The Morgan fingerprint density at radius 1 is 1.26 bits per heavy atom. The summed E-state index contributed by atoms with van der Waals surface area (Å²) in [5.74, 6) is 0.214. The number of furan rings is 1. The fourth-order valence-corrected chi connectivity index (χ4v) is 4.20. The average molecular weight is 410 g/mol. The highest BCUT2D eigenvalue weighted by atomic mass is 32.2. The van der Waals surface area contributed by atoms with Crippen LogP contribution in [-0.4, -0.2) is 53.9 Å². The fourth-order valence-electron chi connectivity index (χ4n) is 2.91. The maximum absolute atomic E-state index is 12.6.